The topological polar surface area (TPSA) is 8.17 Å². The molecule has 262 valence electrons. The summed E-state index contributed by atoms with van der Waals surface area (Å²) < 4.78 is 2.41. The number of fused-ring (bicyclic) bond motifs is 4. The Kier molecular flexibility index (Phi) is 8.22. The maximum Gasteiger partial charge on any atom is 0.0547 e. The maximum atomic E-state index is 2.42. The van der Waals surface area contributed by atoms with Gasteiger partial charge >= 0.3 is 0 Å². The van der Waals surface area contributed by atoms with E-state index in [2.05, 4.69) is 217 Å². The van der Waals surface area contributed by atoms with Gasteiger partial charge in [-0.25, -0.2) is 0 Å². The molecule has 10 rings (SSSR count). The van der Waals surface area contributed by atoms with Gasteiger partial charge in [-0.1, -0.05) is 145 Å². The van der Waals surface area contributed by atoms with Crippen molar-refractivity contribution in [3.05, 3.63) is 211 Å². The summed E-state index contributed by atoms with van der Waals surface area (Å²) in [5, 5.41) is 5.07. The average Bonchev–Trinajstić information content (AvgIpc) is 3.57. The predicted octanol–water partition coefficient (Wildman–Crippen LogP) is 14.7. The molecule has 9 aromatic rings. The van der Waals surface area contributed by atoms with Crippen molar-refractivity contribution >= 4 is 44.0 Å². The third-order valence-electron chi connectivity index (χ3n) is 11.2. The van der Waals surface area contributed by atoms with E-state index in [-0.39, 0.29) is 0 Å². The lowest BCUT2D eigenvalue weighted by Gasteiger charge is -2.30. The summed E-state index contributed by atoms with van der Waals surface area (Å²) in [6.07, 6.45) is 6.64. The molecule has 0 atom stereocenters. The molecule has 0 aliphatic heterocycles. The summed E-state index contributed by atoms with van der Waals surface area (Å²) in [4.78, 5) is 2.42. The zero-order valence-corrected chi connectivity index (χ0v) is 30.9. The molecule has 8 aromatic carbocycles. The van der Waals surface area contributed by atoms with Crippen LogP contribution in [0.3, 0.4) is 0 Å². The number of rotatable bonds is 7. The van der Waals surface area contributed by atoms with Gasteiger partial charge in [-0.2, -0.15) is 0 Å². The zero-order valence-electron chi connectivity index (χ0n) is 30.9. The second kappa shape index (κ2) is 13.8. The van der Waals surface area contributed by atoms with Crippen molar-refractivity contribution in [3.63, 3.8) is 0 Å². The molecular weight excluding hydrogens is 665 g/mol. The highest BCUT2D eigenvalue weighted by Gasteiger charge is 2.18. The first-order valence-corrected chi connectivity index (χ1v) is 19.2. The van der Waals surface area contributed by atoms with Crippen LogP contribution in [0.2, 0.25) is 0 Å². The molecule has 0 saturated carbocycles. The maximum absolute atomic E-state index is 2.42. The van der Waals surface area contributed by atoms with E-state index in [0.717, 1.165) is 24.2 Å². The molecule has 1 heterocycles. The number of hydrogen-bond donors (Lipinski definition) is 0. The highest BCUT2D eigenvalue weighted by atomic mass is 15.1. The second-order valence-corrected chi connectivity index (χ2v) is 14.6. The van der Waals surface area contributed by atoms with E-state index in [4.69, 9.17) is 0 Å². The van der Waals surface area contributed by atoms with Crippen LogP contribution in [0.5, 0.6) is 0 Å². The largest absolute Gasteiger partial charge is 0.314 e. The van der Waals surface area contributed by atoms with Gasteiger partial charge in [-0.3, -0.25) is 0 Å². The van der Waals surface area contributed by atoms with E-state index < -0.39 is 0 Å². The smallest absolute Gasteiger partial charge is 0.0547 e. The summed E-state index contributed by atoms with van der Waals surface area (Å²) in [5.41, 5.74) is 16.0. The van der Waals surface area contributed by atoms with Crippen LogP contribution in [-0.2, 0) is 0 Å². The summed E-state index contributed by atoms with van der Waals surface area (Å²) in [7, 11) is 0. The van der Waals surface area contributed by atoms with Crippen LogP contribution >= 0.6 is 0 Å². The van der Waals surface area contributed by atoms with Gasteiger partial charge < -0.3 is 9.47 Å². The number of para-hydroxylation sites is 1. The van der Waals surface area contributed by atoms with E-state index in [1.165, 1.54) is 82.9 Å². The van der Waals surface area contributed by atoms with Gasteiger partial charge in [0, 0.05) is 33.5 Å². The lowest BCUT2D eigenvalue weighted by atomic mass is 9.94. The Labute approximate surface area is 322 Å². The minimum absolute atomic E-state index is 1.01. The lowest BCUT2D eigenvalue weighted by molar-refractivity contribution is 0.875. The van der Waals surface area contributed by atoms with Crippen LogP contribution in [0, 0.1) is 0 Å². The van der Waals surface area contributed by atoms with Crippen LogP contribution in [-0.4, -0.2) is 4.57 Å². The van der Waals surface area contributed by atoms with E-state index in [1.54, 1.807) is 0 Å². The van der Waals surface area contributed by atoms with Crippen molar-refractivity contribution in [1.29, 1.82) is 0 Å². The van der Waals surface area contributed by atoms with Gasteiger partial charge in [0.05, 0.1) is 11.0 Å². The monoisotopic (exact) mass is 704 g/mol. The number of benzene rings is 8. The first-order chi connectivity index (χ1) is 27.2. The van der Waals surface area contributed by atoms with E-state index >= 15 is 0 Å². The molecule has 2 heteroatoms. The van der Waals surface area contributed by atoms with E-state index in [1.807, 2.05) is 0 Å². The Balaban J connectivity index is 0.995. The average molecular weight is 705 g/mol. The van der Waals surface area contributed by atoms with Crippen molar-refractivity contribution in [2.45, 2.75) is 19.8 Å². The van der Waals surface area contributed by atoms with Crippen LogP contribution < -0.4 is 4.90 Å². The molecule has 0 spiro atoms. The molecular formula is C53H40N2. The molecule has 0 saturated heterocycles. The first-order valence-electron chi connectivity index (χ1n) is 19.2. The molecule has 1 aliphatic carbocycles. The summed E-state index contributed by atoms with van der Waals surface area (Å²) in [5.74, 6) is 0. The molecule has 0 bridgehead atoms. The fourth-order valence-corrected chi connectivity index (χ4v) is 8.33. The fourth-order valence-electron chi connectivity index (χ4n) is 8.33. The van der Waals surface area contributed by atoms with E-state index in [9.17, 15) is 0 Å². The van der Waals surface area contributed by atoms with Crippen molar-refractivity contribution in [2.75, 3.05) is 4.90 Å². The molecule has 0 unspecified atom stereocenters. The minimum atomic E-state index is 1.01. The number of hydrogen-bond acceptors (Lipinski definition) is 1. The Morgan fingerprint density at radius 2 is 0.964 bits per heavy atom. The van der Waals surface area contributed by atoms with Crippen LogP contribution in [0.25, 0.3) is 71.6 Å². The molecule has 1 aliphatic rings. The van der Waals surface area contributed by atoms with Crippen LogP contribution in [0.1, 0.15) is 19.8 Å². The normalized spacial score (nSPS) is 12.9. The lowest BCUT2D eigenvalue weighted by Crippen LogP contribution is -2.17. The number of aromatic nitrogens is 1. The van der Waals surface area contributed by atoms with Crippen molar-refractivity contribution in [3.8, 4) is 39.1 Å². The Bertz CT molecular complexity index is 2890. The van der Waals surface area contributed by atoms with Gasteiger partial charge in [0.1, 0.15) is 0 Å². The molecule has 0 fully saturated rings. The zero-order chi connectivity index (χ0) is 36.7. The summed E-state index contributed by atoms with van der Waals surface area (Å²) in [6, 6.07) is 68.6. The second-order valence-electron chi connectivity index (χ2n) is 14.6. The van der Waals surface area contributed by atoms with Crippen molar-refractivity contribution in [1.82, 2.24) is 4.57 Å². The molecule has 55 heavy (non-hydrogen) atoms. The fraction of sp³-hybridized carbons (Fsp3) is 0.0566. The first kappa shape index (κ1) is 32.7. The van der Waals surface area contributed by atoms with Gasteiger partial charge in [0.25, 0.3) is 0 Å². The van der Waals surface area contributed by atoms with Gasteiger partial charge in [0.15, 0.2) is 0 Å². The molecule has 0 radical (unpaired) electrons. The predicted molar refractivity (Wildman–Crippen MR) is 234 cm³/mol. The number of allylic oxidation sites excluding steroid dienone is 4. The molecule has 2 nitrogen and oxygen atoms in total. The van der Waals surface area contributed by atoms with Crippen molar-refractivity contribution < 1.29 is 0 Å². The minimum Gasteiger partial charge on any atom is -0.314 e. The Morgan fingerprint density at radius 3 is 1.62 bits per heavy atom. The van der Waals surface area contributed by atoms with E-state index in [0.29, 0.717) is 0 Å². The number of nitrogens with zero attached hydrogens (tertiary/aromatic N) is 2. The quantitative estimate of drug-likeness (QED) is 0.160. The highest BCUT2D eigenvalue weighted by molar-refractivity contribution is 6.13. The third kappa shape index (κ3) is 6.02. The highest BCUT2D eigenvalue weighted by Crippen LogP contribution is 2.39. The molecule has 0 N–H and O–H groups in total. The SMILES string of the molecule is CC1=CC=C(N(c2ccc(-c3ccccc3)cc2)c2ccc(-c3ccccc3-c3ccc(-n4c5ccccc5c5cc6ccccc6cc54)cc3)cc2)CC1. The van der Waals surface area contributed by atoms with Crippen LogP contribution in [0.4, 0.5) is 11.4 Å². The summed E-state index contributed by atoms with van der Waals surface area (Å²) in [6.45, 7) is 2.22. The third-order valence-corrected chi connectivity index (χ3v) is 11.2. The number of anilines is 2. The Morgan fingerprint density at radius 1 is 0.418 bits per heavy atom. The standard InChI is InChI=1S/C53H40N2/c1-37-19-27-44(28-20-37)54(45-29-21-39(22-30-45)38-11-3-2-4-12-38)46-31-23-40(24-32-46)48-15-7-8-16-49(48)41-25-33-47(34-26-41)55-52-18-10-9-17-50(52)51-35-42-13-5-6-14-43(42)36-53(51)55/h2-19,21-27,29-36H,20,28H2,1H3. The Hall–Kier alpha value is -6.90. The molecule has 0 amide bonds. The van der Waals surface area contributed by atoms with Crippen LogP contribution in [0.15, 0.2) is 211 Å². The molecule has 1 aromatic heterocycles. The van der Waals surface area contributed by atoms with Gasteiger partial charge in [0.2, 0.25) is 0 Å². The van der Waals surface area contributed by atoms with Gasteiger partial charge in [-0.15, -0.1) is 0 Å². The summed E-state index contributed by atoms with van der Waals surface area (Å²) >= 11 is 0. The van der Waals surface area contributed by atoms with Gasteiger partial charge in [-0.05, 0) is 125 Å². The van der Waals surface area contributed by atoms with Crippen molar-refractivity contribution in [2.24, 2.45) is 0 Å².